The Hall–Kier alpha value is -2.02. The quantitative estimate of drug-likeness (QED) is 0.837. The summed E-state index contributed by atoms with van der Waals surface area (Å²) in [5, 5.41) is 12.1. The van der Waals surface area contributed by atoms with Crippen LogP contribution in [0.1, 0.15) is 18.4 Å². The Balaban J connectivity index is 1.97. The van der Waals surface area contributed by atoms with E-state index in [1.165, 1.54) is 0 Å². The minimum absolute atomic E-state index is 0.211. The maximum Gasteiger partial charge on any atom is 0.222 e. The van der Waals surface area contributed by atoms with Crippen molar-refractivity contribution < 1.29 is 4.79 Å². The van der Waals surface area contributed by atoms with E-state index < -0.39 is 0 Å². The van der Waals surface area contributed by atoms with Crippen molar-refractivity contribution in [2.45, 2.75) is 18.9 Å². The van der Waals surface area contributed by atoms with Crippen molar-refractivity contribution in [3.8, 4) is 6.07 Å². The van der Waals surface area contributed by atoms with Crippen molar-refractivity contribution in [2.75, 3.05) is 18.9 Å². The van der Waals surface area contributed by atoms with E-state index in [1.807, 2.05) is 19.2 Å². The van der Waals surface area contributed by atoms with Crippen LogP contribution < -0.4 is 5.32 Å². The number of piperidine rings is 1. The van der Waals surface area contributed by atoms with E-state index in [1.54, 1.807) is 17.0 Å². The molecule has 1 saturated heterocycles. The van der Waals surface area contributed by atoms with Gasteiger partial charge in [0.1, 0.15) is 0 Å². The first-order chi connectivity index (χ1) is 8.19. The number of amides is 1. The molecule has 0 spiro atoms. The van der Waals surface area contributed by atoms with Gasteiger partial charge in [0.05, 0.1) is 11.6 Å². The molecule has 1 atom stereocenters. The van der Waals surface area contributed by atoms with Crippen LogP contribution in [0.2, 0.25) is 0 Å². The second-order valence-electron chi connectivity index (χ2n) is 4.34. The number of benzene rings is 1. The molecule has 1 heterocycles. The summed E-state index contributed by atoms with van der Waals surface area (Å²) in [6, 6.07) is 9.77. The van der Waals surface area contributed by atoms with Gasteiger partial charge in [0.15, 0.2) is 0 Å². The summed E-state index contributed by atoms with van der Waals surface area (Å²) >= 11 is 0. The molecular weight excluding hydrogens is 214 g/mol. The average molecular weight is 229 g/mol. The number of carbonyl (C=O) groups excluding carboxylic acids is 1. The lowest BCUT2D eigenvalue weighted by Gasteiger charge is -2.30. The van der Waals surface area contributed by atoms with Gasteiger partial charge < -0.3 is 10.2 Å². The highest BCUT2D eigenvalue weighted by atomic mass is 16.2. The van der Waals surface area contributed by atoms with E-state index >= 15 is 0 Å². The van der Waals surface area contributed by atoms with E-state index in [4.69, 9.17) is 5.26 Å². The second-order valence-corrected chi connectivity index (χ2v) is 4.34. The lowest BCUT2D eigenvalue weighted by Crippen LogP contribution is -2.43. The van der Waals surface area contributed by atoms with Gasteiger partial charge in [-0.05, 0) is 30.7 Å². The van der Waals surface area contributed by atoms with E-state index in [2.05, 4.69) is 11.4 Å². The molecule has 4 nitrogen and oxygen atoms in total. The van der Waals surface area contributed by atoms with Crippen LogP contribution in [-0.4, -0.2) is 30.4 Å². The third-order valence-corrected chi connectivity index (χ3v) is 3.01. The molecule has 1 fully saturated rings. The third kappa shape index (κ3) is 2.76. The summed E-state index contributed by atoms with van der Waals surface area (Å²) in [5.74, 6) is 0.211. The Morgan fingerprint density at radius 3 is 2.71 bits per heavy atom. The van der Waals surface area contributed by atoms with Crippen molar-refractivity contribution in [1.82, 2.24) is 4.90 Å². The average Bonchev–Trinajstić information content (AvgIpc) is 2.35. The van der Waals surface area contributed by atoms with Crippen LogP contribution in [0.25, 0.3) is 0 Å². The Labute approximate surface area is 101 Å². The SMILES string of the molecule is CN1CC(Nc2ccc(C#N)cc2)CCC1=O. The largest absolute Gasteiger partial charge is 0.381 e. The molecule has 1 aliphatic rings. The Kier molecular flexibility index (Phi) is 3.29. The molecule has 1 aromatic carbocycles. The summed E-state index contributed by atoms with van der Waals surface area (Å²) in [4.78, 5) is 13.1. The van der Waals surface area contributed by atoms with E-state index in [0.717, 1.165) is 18.7 Å². The van der Waals surface area contributed by atoms with E-state index in [9.17, 15) is 4.79 Å². The molecule has 4 heteroatoms. The molecule has 88 valence electrons. The number of likely N-dealkylation sites (tertiary alicyclic amines) is 1. The number of hydrogen-bond acceptors (Lipinski definition) is 3. The van der Waals surface area contributed by atoms with Crippen LogP contribution >= 0.6 is 0 Å². The standard InChI is InChI=1S/C13H15N3O/c1-16-9-12(6-7-13(16)17)15-11-4-2-10(8-14)3-5-11/h2-5,12,15H,6-7,9H2,1H3. The zero-order valence-corrected chi connectivity index (χ0v) is 9.81. The van der Waals surface area contributed by atoms with Crippen LogP contribution in [0.5, 0.6) is 0 Å². The van der Waals surface area contributed by atoms with Crippen LogP contribution in [-0.2, 0) is 4.79 Å². The van der Waals surface area contributed by atoms with Crippen LogP contribution in [0.4, 0.5) is 5.69 Å². The topological polar surface area (TPSA) is 56.1 Å². The van der Waals surface area contributed by atoms with Gasteiger partial charge in [-0.1, -0.05) is 0 Å². The number of nitrogens with one attached hydrogen (secondary N) is 1. The monoisotopic (exact) mass is 229 g/mol. The van der Waals surface area contributed by atoms with Crippen molar-refractivity contribution >= 4 is 11.6 Å². The fraction of sp³-hybridized carbons (Fsp3) is 0.385. The number of anilines is 1. The minimum Gasteiger partial charge on any atom is -0.381 e. The Morgan fingerprint density at radius 1 is 1.41 bits per heavy atom. The predicted molar refractivity (Wildman–Crippen MR) is 65.4 cm³/mol. The first kappa shape index (κ1) is 11.5. The molecule has 1 aromatic rings. The summed E-state index contributed by atoms with van der Waals surface area (Å²) in [5.41, 5.74) is 1.66. The van der Waals surface area contributed by atoms with Gasteiger partial charge >= 0.3 is 0 Å². The van der Waals surface area contributed by atoms with Crippen LogP contribution in [0.3, 0.4) is 0 Å². The van der Waals surface area contributed by atoms with Crippen molar-refractivity contribution in [3.63, 3.8) is 0 Å². The van der Waals surface area contributed by atoms with Crippen molar-refractivity contribution in [3.05, 3.63) is 29.8 Å². The molecule has 1 aliphatic heterocycles. The number of nitrogens with zero attached hydrogens (tertiary/aromatic N) is 2. The molecule has 1 unspecified atom stereocenters. The van der Waals surface area contributed by atoms with Gasteiger partial charge in [-0.2, -0.15) is 5.26 Å². The minimum atomic E-state index is 0.211. The number of likely N-dealkylation sites (N-methyl/N-ethyl adjacent to an activating group) is 1. The van der Waals surface area contributed by atoms with Gasteiger partial charge in [-0.15, -0.1) is 0 Å². The summed E-state index contributed by atoms with van der Waals surface area (Å²) < 4.78 is 0. The highest BCUT2D eigenvalue weighted by Gasteiger charge is 2.22. The fourth-order valence-corrected chi connectivity index (χ4v) is 2.01. The Bertz CT molecular complexity index is 447. The highest BCUT2D eigenvalue weighted by molar-refractivity contribution is 5.77. The molecule has 0 bridgehead atoms. The zero-order valence-electron chi connectivity index (χ0n) is 9.81. The highest BCUT2D eigenvalue weighted by Crippen LogP contribution is 2.16. The van der Waals surface area contributed by atoms with E-state index in [0.29, 0.717) is 18.0 Å². The van der Waals surface area contributed by atoms with Crippen molar-refractivity contribution in [2.24, 2.45) is 0 Å². The smallest absolute Gasteiger partial charge is 0.222 e. The third-order valence-electron chi connectivity index (χ3n) is 3.01. The van der Waals surface area contributed by atoms with Gasteiger partial charge in [0, 0.05) is 31.7 Å². The Morgan fingerprint density at radius 2 is 2.12 bits per heavy atom. The molecule has 0 radical (unpaired) electrons. The molecule has 1 N–H and O–H groups in total. The zero-order chi connectivity index (χ0) is 12.3. The second kappa shape index (κ2) is 4.88. The number of rotatable bonds is 2. The number of carbonyl (C=O) groups is 1. The molecule has 2 rings (SSSR count). The van der Waals surface area contributed by atoms with Crippen LogP contribution in [0, 0.1) is 11.3 Å². The predicted octanol–water partition coefficient (Wildman–Crippen LogP) is 1.59. The summed E-state index contributed by atoms with van der Waals surface area (Å²) in [6.45, 7) is 0.735. The maximum absolute atomic E-state index is 11.3. The molecular formula is C13H15N3O. The molecule has 17 heavy (non-hydrogen) atoms. The van der Waals surface area contributed by atoms with Gasteiger partial charge in [-0.3, -0.25) is 4.79 Å². The van der Waals surface area contributed by atoms with Gasteiger partial charge in [0.25, 0.3) is 0 Å². The summed E-state index contributed by atoms with van der Waals surface area (Å²) in [6.07, 6.45) is 1.47. The summed E-state index contributed by atoms with van der Waals surface area (Å²) in [7, 11) is 1.83. The first-order valence-corrected chi connectivity index (χ1v) is 5.69. The molecule has 0 aliphatic carbocycles. The number of nitriles is 1. The van der Waals surface area contributed by atoms with Gasteiger partial charge in [-0.25, -0.2) is 0 Å². The lowest BCUT2D eigenvalue weighted by molar-refractivity contribution is -0.132. The van der Waals surface area contributed by atoms with Crippen molar-refractivity contribution in [1.29, 1.82) is 5.26 Å². The molecule has 0 saturated carbocycles. The lowest BCUT2D eigenvalue weighted by atomic mass is 10.1. The van der Waals surface area contributed by atoms with Crippen LogP contribution in [0.15, 0.2) is 24.3 Å². The number of hydrogen-bond donors (Lipinski definition) is 1. The van der Waals surface area contributed by atoms with E-state index in [-0.39, 0.29) is 5.91 Å². The first-order valence-electron chi connectivity index (χ1n) is 5.69. The maximum atomic E-state index is 11.3. The fourth-order valence-electron chi connectivity index (χ4n) is 2.01. The molecule has 1 amide bonds. The molecule has 0 aromatic heterocycles. The normalized spacial score (nSPS) is 19.9. The van der Waals surface area contributed by atoms with Gasteiger partial charge in [0.2, 0.25) is 5.91 Å².